The molecule has 3 N–H and O–H groups in total. The summed E-state index contributed by atoms with van der Waals surface area (Å²) >= 11 is 0. The molecule has 5 nitrogen and oxygen atoms in total. The zero-order valence-electron chi connectivity index (χ0n) is 9.52. The Bertz CT molecular complexity index is 315. The maximum atomic E-state index is 11.4. The summed E-state index contributed by atoms with van der Waals surface area (Å²) in [6, 6.07) is 3.88. The van der Waals surface area contributed by atoms with Gasteiger partial charge in [-0.15, -0.1) is 0 Å². The third-order valence-corrected chi connectivity index (χ3v) is 2.08. The van der Waals surface area contributed by atoms with E-state index in [-0.39, 0.29) is 5.91 Å². The molecule has 1 aromatic heterocycles. The molecule has 0 aromatic carbocycles. The Kier molecular flexibility index (Phi) is 5.45. The lowest BCUT2D eigenvalue weighted by atomic mass is 10.2. The lowest BCUT2D eigenvalue weighted by molar-refractivity contribution is -0.122. The Labute approximate surface area is 95.7 Å². The lowest BCUT2D eigenvalue weighted by Gasteiger charge is -2.15. The fourth-order valence-electron chi connectivity index (χ4n) is 1.37. The fourth-order valence-corrected chi connectivity index (χ4v) is 1.37. The van der Waals surface area contributed by atoms with Crippen LogP contribution >= 0.6 is 0 Å². The first-order valence-electron chi connectivity index (χ1n) is 5.26. The minimum Gasteiger partial charge on any atom is -0.354 e. The van der Waals surface area contributed by atoms with Crippen LogP contribution in [-0.4, -0.2) is 42.5 Å². The second kappa shape index (κ2) is 6.92. The number of nitrogens with two attached hydrogens (primary N) is 1. The van der Waals surface area contributed by atoms with Crippen molar-refractivity contribution in [2.24, 2.45) is 5.73 Å². The normalized spacial score (nSPS) is 10.4. The molecule has 0 aliphatic rings. The van der Waals surface area contributed by atoms with E-state index in [0.717, 1.165) is 12.1 Å². The molecular formula is C11H18N4O. The number of aromatic nitrogens is 1. The Morgan fingerprint density at radius 2 is 2.19 bits per heavy atom. The van der Waals surface area contributed by atoms with Crippen molar-refractivity contribution in [3.8, 4) is 0 Å². The van der Waals surface area contributed by atoms with Gasteiger partial charge in [0.05, 0.1) is 6.54 Å². The minimum absolute atomic E-state index is 0.00186. The van der Waals surface area contributed by atoms with Crippen molar-refractivity contribution in [1.82, 2.24) is 15.2 Å². The summed E-state index contributed by atoms with van der Waals surface area (Å²) in [6.45, 7) is 2.11. The second-order valence-electron chi connectivity index (χ2n) is 3.67. The molecule has 16 heavy (non-hydrogen) atoms. The van der Waals surface area contributed by atoms with Gasteiger partial charge in [0.2, 0.25) is 5.91 Å². The van der Waals surface area contributed by atoms with Gasteiger partial charge in [0.25, 0.3) is 0 Å². The molecule has 88 valence electrons. The number of hydrogen-bond acceptors (Lipinski definition) is 4. The molecule has 1 amide bonds. The third kappa shape index (κ3) is 4.86. The highest BCUT2D eigenvalue weighted by atomic mass is 16.2. The summed E-state index contributed by atoms with van der Waals surface area (Å²) in [4.78, 5) is 17.3. The molecule has 0 bridgehead atoms. The standard InChI is InChI=1S/C11H18N4O/c1-15(9-11(16)14-7-4-12)8-10-2-5-13-6-3-10/h2-3,5-6H,4,7-9,12H2,1H3,(H,14,16). The van der Waals surface area contributed by atoms with Gasteiger partial charge in [-0.3, -0.25) is 14.7 Å². The van der Waals surface area contributed by atoms with Gasteiger partial charge in [0, 0.05) is 32.0 Å². The van der Waals surface area contributed by atoms with Gasteiger partial charge < -0.3 is 11.1 Å². The number of rotatable bonds is 6. The number of nitrogens with zero attached hydrogens (tertiary/aromatic N) is 2. The molecule has 0 atom stereocenters. The van der Waals surface area contributed by atoms with E-state index in [1.807, 2.05) is 24.1 Å². The molecule has 0 aliphatic heterocycles. The summed E-state index contributed by atoms with van der Waals surface area (Å²) in [5.74, 6) is 0.00186. The van der Waals surface area contributed by atoms with Crippen molar-refractivity contribution >= 4 is 5.91 Å². The van der Waals surface area contributed by atoms with Gasteiger partial charge in [-0.2, -0.15) is 0 Å². The van der Waals surface area contributed by atoms with Crippen LogP contribution in [-0.2, 0) is 11.3 Å². The van der Waals surface area contributed by atoms with Gasteiger partial charge >= 0.3 is 0 Å². The number of carbonyl (C=O) groups excluding carboxylic acids is 1. The van der Waals surface area contributed by atoms with E-state index in [9.17, 15) is 4.79 Å². The first kappa shape index (κ1) is 12.6. The summed E-state index contributed by atoms with van der Waals surface area (Å²) in [5, 5.41) is 2.73. The minimum atomic E-state index is 0.00186. The molecule has 0 aliphatic carbocycles. The van der Waals surface area contributed by atoms with Crippen LogP contribution in [0.4, 0.5) is 0 Å². The van der Waals surface area contributed by atoms with Crippen LogP contribution in [0.3, 0.4) is 0 Å². The number of hydrogen-bond donors (Lipinski definition) is 2. The number of pyridine rings is 1. The van der Waals surface area contributed by atoms with Crippen molar-refractivity contribution in [3.63, 3.8) is 0 Å². The molecule has 0 unspecified atom stereocenters. The second-order valence-corrected chi connectivity index (χ2v) is 3.67. The van der Waals surface area contributed by atoms with E-state index >= 15 is 0 Å². The Hall–Kier alpha value is -1.46. The van der Waals surface area contributed by atoms with Crippen LogP contribution in [0.2, 0.25) is 0 Å². The zero-order valence-corrected chi connectivity index (χ0v) is 9.52. The fraction of sp³-hybridized carbons (Fsp3) is 0.455. The maximum absolute atomic E-state index is 11.4. The first-order valence-corrected chi connectivity index (χ1v) is 5.26. The Morgan fingerprint density at radius 3 is 2.81 bits per heavy atom. The third-order valence-electron chi connectivity index (χ3n) is 2.08. The molecule has 0 saturated carbocycles. The van der Waals surface area contributed by atoms with E-state index in [0.29, 0.717) is 19.6 Å². The van der Waals surface area contributed by atoms with Gasteiger partial charge in [0.1, 0.15) is 0 Å². The molecule has 0 saturated heterocycles. The largest absolute Gasteiger partial charge is 0.354 e. The quantitative estimate of drug-likeness (QED) is 0.686. The predicted octanol–water partition coefficient (Wildman–Crippen LogP) is -0.412. The van der Waals surface area contributed by atoms with Crippen LogP contribution in [0.15, 0.2) is 24.5 Å². The topological polar surface area (TPSA) is 71.2 Å². The summed E-state index contributed by atoms with van der Waals surface area (Å²) < 4.78 is 0. The van der Waals surface area contributed by atoms with Crippen molar-refractivity contribution < 1.29 is 4.79 Å². The van der Waals surface area contributed by atoms with Crippen molar-refractivity contribution in [2.75, 3.05) is 26.7 Å². The number of carbonyl (C=O) groups is 1. The van der Waals surface area contributed by atoms with Gasteiger partial charge in [-0.25, -0.2) is 0 Å². The summed E-state index contributed by atoms with van der Waals surface area (Å²) in [6.07, 6.45) is 3.50. The molecule has 1 heterocycles. The highest BCUT2D eigenvalue weighted by molar-refractivity contribution is 5.77. The number of nitrogens with one attached hydrogen (secondary N) is 1. The summed E-state index contributed by atoms with van der Waals surface area (Å²) in [7, 11) is 1.91. The van der Waals surface area contributed by atoms with E-state index in [1.165, 1.54) is 0 Å². The highest BCUT2D eigenvalue weighted by Crippen LogP contribution is 2.00. The van der Waals surface area contributed by atoms with E-state index in [1.54, 1.807) is 12.4 Å². The molecule has 1 aromatic rings. The molecule has 0 radical (unpaired) electrons. The number of amides is 1. The molecule has 1 rings (SSSR count). The monoisotopic (exact) mass is 222 g/mol. The average Bonchev–Trinajstić information content (AvgIpc) is 2.27. The van der Waals surface area contributed by atoms with Crippen LogP contribution in [0.1, 0.15) is 5.56 Å². The molecular weight excluding hydrogens is 204 g/mol. The van der Waals surface area contributed by atoms with Crippen LogP contribution < -0.4 is 11.1 Å². The van der Waals surface area contributed by atoms with Gasteiger partial charge in [-0.05, 0) is 24.7 Å². The predicted molar refractivity (Wildman–Crippen MR) is 62.6 cm³/mol. The van der Waals surface area contributed by atoms with Crippen molar-refractivity contribution in [2.45, 2.75) is 6.54 Å². The number of likely N-dealkylation sites (N-methyl/N-ethyl adjacent to an activating group) is 1. The van der Waals surface area contributed by atoms with E-state index < -0.39 is 0 Å². The van der Waals surface area contributed by atoms with Gasteiger partial charge in [-0.1, -0.05) is 0 Å². The maximum Gasteiger partial charge on any atom is 0.234 e. The highest BCUT2D eigenvalue weighted by Gasteiger charge is 2.05. The molecule has 0 spiro atoms. The Morgan fingerprint density at radius 1 is 1.50 bits per heavy atom. The summed E-state index contributed by atoms with van der Waals surface area (Å²) in [5.41, 5.74) is 6.44. The zero-order chi connectivity index (χ0) is 11.8. The van der Waals surface area contributed by atoms with Crippen molar-refractivity contribution in [3.05, 3.63) is 30.1 Å². The Balaban J connectivity index is 2.30. The van der Waals surface area contributed by atoms with Gasteiger partial charge in [0.15, 0.2) is 0 Å². The van der Waals surface area contributed by atoms with E-state index in [4.69, 9.17) is 5.73 Å². The SMILES string of the molecule is CN(CC(=O)NCCN)Cc1ccncc1. The smallest absolute Gasteiger partial charge is 0.234 e. The molecule has 5 heteroatoms. The van der Waals surface area contributed by atoms with Crippen molar-refractivity contribution in [1.29, 1.82) is 0 Å². The molecule has 0 fully saturated rings. The van der Waals surface area contributed by atoms with E-state index in [2.05, 4.69) is 10.3 Å². The van der Waals surface area contributed by atoms with Crippen LogP contribution in [0.5, 0.6) is 0 Å². The average molecular weight is 222 g/mol. The lowest BCUT2D eigenvalue weighted by Crippen LogP contribution is -2.37. The van der Waals surface area contributed by atoms with Crippen LogP contribution in [0.25, 0.3) is 0 Å². The van der Waals surface area contributed by atoms with Crippen LogP contribution in [0, 0.1) is 0 Å². The first-order chi connectivity index (χ1) is 7.72.